The number of carbonyl (C=O) groups is 1. The predicted octanol–water partition coefficient (Wildman–Crippen LogP) is 7.16. The molecule has 2 aromatic carbocycles. The molecule has 1 aliphatic carbocycles. The van der Waals surface area contributed by atoms with Gasteiger partial charge in [-0.25, -0.2) is 4.98 Å². The number of aliphatic imine (C=N–C) groups is 1. The number of rotatable bonds is 9. The van der Waals surface area contributed by atoms with Gasteiger partial charge in [-0.3, -0.25) is 19.1 Å². The Labute approximate surface area is 350 Å². The molecule has 59 heavy (non-hydrogen) atoms. The lowest BCUT2D eigenvalue weighted by molar-refractivity contribution is -0.122. The zero-order valence-electron chi connectivity index (χ0n) is 33.8. The Bertz CT molecular complexity index is 2710. The monoisotopic (exact) mass is 832 g/mol. The van der Waals surface area contributed by atoms with E-state index in [0.717, 1.165) is 89.1 Å². The smallest absolute Gasteiger partial charge is 0.293 e. The SMILES string of the molecule is CNC(=O)COc1cc2cc(Nc3nc(N4CCC5(CC4)CC(Oc4ccc(C6=N[C@@H](C)c7nnc(C)n7-c7sc(C)c(C)c76)cc4)C5)ncc3Cl)ccc2n(C)c1=O. The van der Waals surface area contributed by atoms with Gasteiger partial charge in [0.05, 0.1) is 23.5 Å². The number of aromatic nitrogens is 6. The third-order valence-corrected chi connectivity index (χ3v) is 13.5. The van der Waals surface area contributed by atoms with E-state index in [9.17, 15) is 9.59 Å². The number of hydrogen-bond acceptors (Lipinski definition) is 12. The highest BCUT2D eigenvalue weighted by atomic mass is 35.5. The summed E-state index contributed by atoms with van der Waals surface area (Å²) in [6.45, 7) is 9.84. The number of likely N-dealkylation sites (N-methyl/N-ethyl adjacent to an activating group) is 1. The third-order valence-electron chi connectivity index (χ3n) is 12.0. The molecule has 4 aromatic heterocycles. The first kappa shape index (κ1) is 38.7. The molecule has 2 fully saturated rings. The number of nitrogens with zero attached hydrogens (tertiary/aromatic N) is 8. The minimum atomic E-state index is -0.327. The molecule has 2 N–H and O–H groups in total. The second-order valence-electron chi connectivity index (χ2n) is 15.8. The van der Waals surface area contributed by atoms with Crippen molar-refractivity contribution in [3.8, 4) is 16.5 Å². The van der Waals surface area contributed by atoms with Gasteiger partial charge in [0.25, 0.3) is 11.5 Å². The summed E-state index contributed by atoms with van der Waals surface area (Å²) in [6.07, 6.45) is 5.89. The van der Waals surface area contributed by atoms with Crippen LogP contribution in [0.25, 0.3) is 15.9 Å². The number of piperidine rings is 1. The number of nitrogens with one attached hydrogen (secondary N) is 2. The van der Waals surface area contributed by atoms with Crippen molar-refractivity contribution in [2.75, 3.05) is 37.0 Å². The van der Waals surface area contributed by atoms with E-state index in [1.807, 2.05) is 25.1 Å². The Hall–Kier alpha value is -5.80. The van der Waals surface area contributed by atoms with E-state index in [1.54, 1.807) is 30.6 Å². The second-order valence-corrected chi connectivity index (χ2v) is 17.4. The first-order valence-electron chi connectivity index (χ1n) is 19.8. The van der Waals surface area contributed by atoms with Crippen LogP contribution < -0.4 is 30.6 Å². The molecule has 304 valence electrons. The van der Waals surface area contributed by atoms with Crippen LogP contribution in [0.15, 0.2) is 64.5 Å². The van der Waals surface area contributed by atoms with Crippen molar-refractivity contribution in [1.29, 1.82) is 0 Å². The first-order valence-corrected chi connectivity index (χ1v) is 21.0. The van der Waals surface area contributed by atoms with Crippen molar-refractivity contribution < 1.29 is 14.3 Å². The van der Waals surface area contributed by atoms with Gasteiger partial charge in [-0.15, -0.1) is 21.5 Å². The van der Waals surface area contributed by atoms with Crippen molar-refractivity contribution in [2.24, 2.45) is 17.5 Å². The average Bonchev–Trinajstić information content (AvgIpc) is 3.71. The first-order chi connectivity index (χ1) is 28.4. The van der Waals surface area contributed by atoms with Crippen LogP contribution in [0.1, 0.15) is 71.9 Å². The molecule has 1 saturated carbocycles. The maximum Gasteiger partial charge on any atom is 0.293 e. The quantitative estimate of drug-likeness (QED) is 0.154. The summed E-state index contributed by atoms with van der Waals surface area (Å²) >= 11 is 8.36. The molecule has 9 rings (SSSR count). The lowest BCUT2D eigenvalue weighted by atomic mass is 9.61. The zero-order valence-corrected chi connectivity index (χ0v) is 35.4. The number of anilines is 3. The van der Waals surface area contributed by atoms with Gasteiger partial charge in [-0.2, -0.15) is 4.98 Å². The average molecular weight is 833 g/mol. The summed E-state index contributed by atoms with van der Waals surface area (Å²) < 4.78 is 15.7. The molecule has 6 heterocycles. The fourth-order valence-electron chi connectivity index (χ4n) is 8.53. The summed E-state index contributed by atoms with van der Waals surface area (Å²) in [5.41, 5.74) is 5.80. The van der Waals surface area contributed by atoms with Gasteiger partial charge in [-0.1, -0.05) is 11.6 Å². The topological polar surface area (TPSA) is 154 Å². The molecule has 0 bridgehead atoms. The summed E-state index contributed by atoms with van der Waals surface area (Å²) in [5, 5.41) is 17.0. The van der Waals surface area contributed by atoms with Crippen LogP contribution in [-0.4, -0.2) is 73.8 Å². The fraction of sp³-hybridized carbons (Fsp3) is 0.372. The van der Waals surface area contributed by atoms with Gasteiger partial charge < -0.3 is 29.6 Å². The zero-order chi connectivity index (χ0) is 41.2. The number of benzene rings is 2. The summed E-state index contributed by atoms with van der Waals surface area (Å²) in [6, 6.07) is 15.5. The number of carbonyl (C=O) groups excluding carboxylic acids is 1. The summed E-state index contributed by atoms with van der Waals surface area (Å²) in [4.78, 5) is 42.6. The molecular formula is C43H45ClN10O4S. The van der Waals surface area contributed by atoms with Crippen molar-refractivity contribution in [3.05, 3.63) is 103 Å². The largest absolute Gasteiger partial charge is 0.490 e. The molecule has 1 amide bonds. The molecule has 0 radical (unpaired) electrons. The number of hydrogen-bond donors (Lipinski definition) is 2. The minimum absolute atomic E-state index is 0.0891. The fourth-order valence-corrected chi connectivity index (χ4v) is 9.88. The van der Waals surface area contributed by atoms with Crippen molar-refractivity contribution >= 4 is 62.9 Å². The van der Waals surface area contributed by atoms with Crippen LogP contribution in [0.2, 0.25) is 5.02 Å². The predicted molar refractivity (Wildman–Crippen MR) is 231 cm³/mol. The maximum absolute atomic E-state index is 12.8. The van der Waals surface area contributed by atoms with Crippen LogP contribution in [-0.2, 0) is 11.8 Å². The Morgan fingerprint density at radius 1 is 1.05 bits per heavy atom. The number of aryl methyl sites for hydroxylation is 3. The van der Waals surface area contributed by atoms with Gasteiger partial charge in [0.15, 0.2) is 24.0 Å². The van der Waals surface area contributed by atoms with Crippen LogP contribution in [0.3, 0.4) is 0 Å². The number of amides is 1. The van der Waals surface area contributed by atoms with Crippen LogP contribution in [0.5, 0.6) is 11.5 Å². The molecule has 0 unspecified atom stereocenters. The molecule has 6 aromatic rings. The molecule has 14 nitrogen and oxygen atoms in total. The maximum atomic E-state index is 12.8. The van der Waals surface area contributed by atoms with Crippen molar-refractivity contribution in [2.45, 2.75) is 65.5 Å². The van der Waals surface area contributed by atoms with E-state index in [2.05, 4.69) is 80.3 Å². The summed E-state index contributed by atoms with van der Waals surface area (Å²) in [5.74, 6) is 3.48. The number of pyridine rings is 1. The highest BCUT2D eigenvalue weighted by molar-refractivity contribution is 7.15. The van der Waals surface area contributed by atoms with Gasteiger partial charge in [-0.05, 0) is 113 Å². The van der Waals surface area contributed by atoms with Gasteiger partial charge in [0.1, 0.15) is 27.6 Å². The Kier molecular flexibility index (Phi) is 9.90. The van der Waals surface area contributed by atoms with Gasteiger partial charge >= 0.3 is 0 Å². The number of halogens is 1. The van der Waals surface area contributed by atoms with Crippen LogP contribution >= 0.6 is 22.9 Å². The van der Waals surface area contributed by atoms with E-state index in [-0.39, 0.29) is 41.4 Å². The molecule has 1 atom stereocenters. The standard InChI is InChI=1S/C43H45ClN10O4S/c1-23-25(3)59-41-36(23)37(47-24(2)39-51-50-26(4)54(39)41)27-7-10-30(11-8-27)58-31-19-43(20-31)13-15-53(16-14-43)42-46-21-32(44)38(49-42)48-29-9-12-33-28(17-29)18-34(40(56)52(33)6)57-22-35(55)45-5/h7-12,17-18,21,24,31H,13-16,19-20,22H2,1-6H3,(H,45,55)(H,46,48,49)/t24-/m0/s1. The summed E-state index contributed by atoms with van der Waals surface area (Å²) in [7, 11) is 3.18. The second kappa shape index (κ2) is 15.1. The Morgan fingerprint density at radius 3 is 2.56 bits per heavy atom. The number of thiophene rings is 1. The minimum Gasteiger partial charge on any atom is -0.490 e. The molecule has 1 saturated heterocycles. The van der Waals surface area contributed by atoms with E-state index in [4.69, 9.17) is 31.1 Å². The van der Waals surface area contributed by atoms with E-state index < -0.39 is 0 Å². The molecule has 16 heteroatoms. The lowest BCUT2D eigenvalue weighted by Gasteiger charge is -2.51. The normalized spacial score (nSPS) is 17.2. The number of ether oxygens (including phenoxy) is 2. The van der Waals surface area contributed by atoms with E-state index >= 15 is 0 Å². The highest BCUT2D eigenvalue weighted by Crippen LogP contribution is 2.51. The third kappa shape index (κ3) is 7.09. The van der Waals surface area contributed by atoms with Gasteiger partial charge in [0, 0.05) is 54.3 Å². The van der Waals surface area contributed by atoms with Crippen LogP contribution in [0.4, 0.5) is 17.5 Å². The van der Waals surface area contributed by atoms with Crippen molar-refractivity contribution in [1.82, 2.24) is 34.6 Å². The molecule has 2 aliphatic heterocycles. The van der Waals surface area contributed by atoms with Crippen molar-refractivity contribution in [3.63, 3.8) is 0 Å². The van der Waals surface area contributed by atoms with E-state index in [1.165, 1.54) is 22.1 Å². The lowest BCUT2D eigenvalue weighted by Crippen LogP contribution is -2.51. The number of fused-ring (bicyclic) bond motifs is 4. The Morgan fingerprint density at radius 2 is 1.81 bits per heavy atom. The highest BCUT2D eigenvalue weighted by Gasteiger charge is 2.47. The van der Waals surface area contributed by atoms with Crippen LogP contribution in [0, 0.1) is 26.2 Å². The molecular weight excluding hydrogens is 788 g/mol. The van der Waals surface area contributed by atoms with E-state index in [0.29, 0.717) is 22.3 Å². The molecule has 1 spiro atoms. The molecule has 3 aliphatic rings. The Balaban J connectivity index is 0.825. The van der Waals surface area contributed by atoms with Gasteiger partial charge in [0.2, 0.25) is 5.95 Å².